The topological polar surface area (TPSA) is 77.0 Å². The van der Waals surface area contributed by atoms with E-state index >= 15 is 0 Å². The largest absolute Gasteiger partial charge is 0.383 e. The third-order valence-electron chi connectivity index (χ3n) is 3.13. The lowest BCUT2D eigenvalue weighted by molar-refractivity contribution is 0.373. The summed E-state index contributed by atoms with van der Waals surface area (Å²) >= 11 is 5.90. The van der Waals surface area contributed by atoms with Crippen LogP contribution in [0.3, 0.4) is 0 Å². The van der Waals surface area contributed by atoms with E-state index in [1.165, 1.54) is 0 Å². The molecule has 4 nitrogen and oxygen atoms in total. The van der Waals surface area contributed by atoms with E-state index in [0.29, 0.717) is 10.8 Å². The van der Waals surface area contributed by atoms with Crippen LogP contribution in [0.2, 0.25) is 5.02 Å². The summed E-state index contributed by atoms with van der Waals surface area (Å²) < 4.78 is 0. The third-order valence-corrected chi connectivity index (χ3v) is 3.34. The summed E-state index contributed by atoms with van der Waals surface area (Å²) in [6.07, 6.45) is 3.84. The van der Waals surface area contributed by atoms with Crippen molar-refractivity contribution in [3.05, 3.63) is 22.8 Å². The number of halogens is 1. The van der Waals surface area contributed by atoms with Gasteiger partial charge in [0.05, 0.1) is 11.1 Å². The summed E-state index contributed by atoms with van der Waals surface area (Å²) in [6, 6.07) is 1.86. The second kappa shape index (κ2) is 3.63. The van der Waals surface area contributed by atoms with Crippen LogP contribution in [0.25, 0.3) is 0 Å². The minimum atomic E-state index is 0.0312. The van der Waals surface area contributed by atoms with Crippen molar-refractivity contribution in [2.24, 2.45) is 11.3 Å². The van der Waals surface area contributed by atoms with Gasteiger partial charge in [0.25, 0.3) is 0 Å². The maximum absolute atomic E-state index is 5.90. The molecular formula is C10H15ClN4. The molecule has 82 valence electrons. The first-order chi connectivity index (χ1) is 7.07. The quantitative estimate of drug-likeness (QED) is 0.541. The van der Waals surface area contributed by atoms with Crippen LogP contribution in [0.4, 0.5) is 5.82 Å². The molecular weight excluding hydrogens is 212 g/mol. The van der Waals surface area contributed by atoms with Gasteiger partial charge in [0.2, 0.25) is 0 Å². The summed E-state index contributed by atoms with van der Waals surface area (Å²) in [7, 11) is 0. The van der Waals surface area contributed by atoms with Crippen molar-refractivity contribution < 1.29 is 0 Å². The second-order valence-electron chi connectivity index (χ2n) is 4.38. The van der Waals surface area contributed by atoms with E-state index in [0.717, 1.165) is 18.4 Å². The molecule has 1 heterocycles. The zero-order valence-electron chi connectivity index (χ0n) is 8.63. The first-order valence-electron chi connectivity index (χ1n) is 4.94. The number of pyridine rings is 1. The highest BCUT2D eigenvalue weighted by molar-refractivity contribution is 6.30. The van der Waals surface area contributed by atoms with Gasteiger partial charge in [-0.05, 0) is 24.3 Å². The van der Waals surface area contributed by atoms with Crippen molar-refractivity contribution >= 4 is 17.4 Å². The van der Waals surface area contributed by atoms with Crippen LogP contribution in [0.15, 0.2) is 12.3 Å². The molecule has 2 rings (SSSR count). The van der Waals surface area contributed by atoms with Crippen LogP contribution in [-0.2, 0) is 0 Å². The van der Waals surface area contributed by atoms with E-state index in [1.807, 2.05) is 6.07 Å². The van der Waals surface area contributed by atoms with Crippen molar-refractivity contribution in [2.75, 3.05) is 5.73 Å². The van der Waals surface area contributed by atoms with Gasteiger partial charge in [-0.25, -0.2) is 4.98 Å². The Balaban J connectivity index is 2.37. The highest BCUT2D eigenvalue weighted by atomic mass is 35.5. The molecule has 1 aliphatic rings. The molecule has 0 spiro atoms. The molecule has 0 aliphatic heterocycles. The van der Waals surface area contributed by atoms with Gasteiger partial charge in [-0.15, -0.1) is 0 Å². The lowest BCUT2D eigenvalue weighted by Crippen LogP contribution is -2.34. The number of hydrazine groups is 1. The molecule has 1 fully saturated rings. The van der Waals surface area contributed by atoms with Gasteiger partial charge >= 0.3 is 0 Å². The van der Waals surface area contributed by atoms with Gasteiger partial charge in [-0.1, -0.05) is 18.5 Å². The number of nitrogen functional groups attached to an aromatic ring is 1. The highest BCUT2D eigenvalue weighted by Crippen LogP contribution is 2.54. The van der Waals surface area contributed by atoms with Crippen LogP contribution in [-0.4, -0.2) is 4.98 Å². The number of aromatic nitrogens is 1. The van der Waals surface area contributed by atoms with Gasteiger partial charge in [0.15, 0.2) is 0 Å². The Hall–Kier alpha value is -0.840. The van der Waals surface area contributed by atoms with Crippen LogP contribution >= 0.6 is 11.6 Å². The number of hydrogen-bond donors (Lipinski definition) is 3. The van der Waals surface area contributed by atoms with Crippen LogP contribution < -0.4 is 17.0 Å². The lowest BCUT2D eigenvalue weighted by atomic mass is 9.93. The normalized spacial score (nSPS) is 19.9. The number of nitrogens with two attached hydrogens (primary N) is 2. The standard InChI is InChI=1S/C10H15ClN4/c1-10(2-3-10)8(15-13)7-4-6(11)5-14-9(7)12/h4-5,8,15H,2-3,13H2,1H3,(H2,12,14). The Kier molecular flexibility index (Phi) is 2.58. The van der Waals surface area contributed by atoms with E-state index in [-0.39, 0.29) is 11.5 Å². The van der Waals surface area contributed by atoms with Crippen LogP contribution in [0, 0.1) is 5.41 Å². The molecule has 5 heteroatoms. The predicted molar refractivity (Wildman–Crippen MR) is 61.1 cm³/mol. The van der Waals surface area contributed by atoms with Gasteiger partial charge < -0.3 is 5.73 Å². The van der Waals surface area contributed by atoms with Crippen molar-refractivity contribution in [1.29, 1.82) is 0 Å². The minimum Gasteiger partial charge on any atom is -0.383 e. The van der Waals surface area contributed by atoms with Gasteiger partial charge in [0.1, 0.15) is 5.82 Å². The fourth-order valence-electron chi connectivity index (χ4n) is 1.85. The molecule has 1 atom stereocenters. The van der Waals surface area contributed by atoms with E-state index < -0.39 is 0 Å². The molecule has 1 aromatic heterocycles. The number of hydrogen-bond acceptors (Lipinski definition) is 4. The number of anilines is 1. The highest BCUT2D eigenvalue weighted by Gasteiger charge is 2.45. The first-order valence-corrected chi connectivity index (χ1v) is 5.32. The van der Waals surface area contributed by atoms with Crippen molar-refractivity contribution in [2.45, 2.75) is 25.8 Å². The van der Waals surface area contributed by atoms with Gasteiger partial charge in [-0.2, -0.15) is 0 Å². The summed E-state index contributed by atoms with van der Waals surface area (Å²) in [5.41, 5.74) is 9.72. The Bertz CT molecular complexity index is 376. The van der Waals surface area contributed by atoms with E-state index in [1.54, 1.807) is 6.20 Å². The molecule has 0 aromatic carbocycles. The van der Waals surface area contributed by atoms with Crippen molar-refractivity contribution in [3.8, 4) is 0 Å². The van der Waals surface area contributed by atoms with E-state index in [2.05, 4.69) is 17.3 Å². The third kappa shape index (κ3) is 1.93. The van der Waals surface area contributed by atoms with Gasteiger partial charge in [0, 0.05) is 11.8 Å². The SMILES string of the molecule is CC1(C(NN)c2cc(Cl)cnc2N)CC1. The maximum atomic E-state index is 5.90. The first kappa shape index (κ1) is 10.7. The maximum Gasteiger partial charge on any atom is 0.128 e. The summed E-state index contributed by atoms with van der Waals surface area (Å²) in [4.78, 5) is 4.04. The average molecular weight is 227 g/mol. The zero-order chi connectivity index (χ0) is 11.1. The molecule has 1 saturated carbocycles. The number of nitrogens with zero attached hydrogens (tertiary/aromatic N) is 1. The smallest absolute Gasteiger partial charge is 0.128 e. The Morgan fingerprint density at radius 1 is 1.60 bits per heavy atom. The Labute approximate surface area is 94.0 Å². The second-order valence-corrected chi connectivity index (χ2v) is 4.82. The monoisotopic (exact) mass is 226 g/mol. The minimum absolute atomic E-state index is 0.0312. The Morgan fingerprint density at radius 2 is 2.27 bits per heavy atom. The zero-order valence-corrected chi connectivity index (χ0v) is 9.38. The lowest BCUT2D eigenvalue weighted by Gasteiger charge is -2.24. The van der Waals surface area contributed by atoms with Gasteiger partial charge in [-0.3, -0.25) is 11.3 Å². The number of nitrogens with one attached hydrogen (secondary N) is 1. The molecule has 1 unspecified atom stereocenters. The fraction of sp³-hybridized carbons (Fsp3) is 0.500. The molecule has 0 bridgehead atoms. The van der Waals surface area contributed by atoms with E-state index in [9.17, 15) is 0 Å². The fourth-order valence-corrected chi connectivity index (χ4v) is 2.02. The molecule has 1 aromatic rings. The molecule has 0 amide bonds. The van der Waals surface area contributed by atoms with Crippen LogP contribution in [0.1, 0.15) is 31.4 Å². The molecule has 15 heavy (non-hydrogen) atoms. The number of rotatable bonds is 3. The van der Waals surface area contributed by atoms with Crippen molar-refractivity contribution in [1.82, 2.24) is 10.4 Å². The van der Waals surface area contributed by atoms with E-state index in [4.69, 9.17) is 23.2 Å². The summed E-state index contributed by atoms with van der Waals surface area (Å²) in [6.45, 7) is 2.18. The van der Waals surface area contributed by atoms with Crippen LogP contribution in [0.5, 0.6) is 0 Å². The predicted octanol–water partition coefficient (Wildman–Crippen LogP) is 1.62. The Morgan fingerprint density at radius 3 is 2.80 bits per heavy atom. The molecule has 5 N–H and O–H groups in total. The summed E-state index contributed by atoms with van der Waals surface area (Å²) in [5.74, 6) is 6.07. The summed E-state index contributed by atoms with van der Waals surface area (Å²) in [5, 5.41) is 0.587. The van der Waals surface area contributed by atoms with Crippen molar-refractivity contribution in [3.63, 3.8) is 0 Å². The molecule has 1 aliphatic carbocycles. The average Bonchev–Trinajstić information content (AvgIpc) is 2.92. The molecule has 0 saturated heterocycles. The molecule has 0 radical (unpaired) electrons.